The smallest absolute Gasteiger partial charge is 0.228 e. The highest BCUT2D eigenvalue weighted by Crippen LogP contribution is 2.21. The van der Waals surface area contributed by atoms with Crippen molar-refractivity contribution in [2.45, 2.75) is 31.7 Å². The highest BCUT2D eigenvalue weighted by molar-refractivity contribution is 5.80. The van der Waals surface area contributed by atoms with E-state index in [1.54, 1.807) is 12.0 Å². The summed E-state index contributed by atoms with van der Waals surface area (Å²) < 4.78 is 5.25. The van der Waals surface area contributed by atoms with Gasteiger partial charge in [-0.2, -0.15) is 5.26 Å². The minimum Gasteiger partial charge on any atom is -0.496 e. The van der Waals surface area contributed by atoms with Crippen molar-refractivity contribution in [2.24, 2.45) is 0 Å². The van der Waals surface area contributed by atoms with Gasteiger partial charge in [0.15, 0.2) is 0 Å². The average Bonchev–Trinajstić information content (AvgIpc) is 2.47. The second kappa shape index (κ2) is 6.24. The summed E-state index contributed by atoms with van der Waals surface area (Å²) in [6.07, 6.45) is 3.09. The zero-order valence-electron chi connectivity index (χ0n) is 11.1. The third-order valence-corrected chi connectivity index (χ3v) is 3.51. The van der Waals surface area contributed by atoms with Crippen molar-refractivity contribution in [3.05, 3.63) is 29.8 Å². The molecule has 1 aliphatic rings. The van der Waals surface area contributed by atoms with Gasteiger partial charge in [-0.05, 0) is 25.3 Å². The highest BCUT2D eigenvalue weighted by Gasteiger charge is 2.26. The van der Waals surface area contributed by atoms with Crippen LogP contribution in [-0.4, -0.2) is 30.5 Å². The van der Waals surface area contributed by atoms with Gasteiger partial charge in [0.25, 0.3) is 0 Å². The number of methoxy groups -OCH3 is 1. The SMILES string of the molecule is COc1ccccc1CC(=O)N1CCCCC1C#N. The molecule has 1 aromatic carbocycles. The van der Waals surface area contributed by atoms with Crippen LogP contribution in [0.5, 0.6) is 5.75 Å². The lowest BCUT2D eigenvalue weighted by Crippen LogP contribution is -2.43. The van der Waals surface area contributed by atoms with Crippen LogP contribution in [0, 0.1) is 11.3 Å². The number of para-hydroxylation sites is 1. The summed E-state index contributed by atoms with van der Waals surface area (Å²) in [4.78, 5) is 14.0. The molecule has 1 saturated heterocycles. The van der Waals surface area contributed by atoms with Crippen LogP contribution in [-0.2, 0) is 11.2 Å². The average molecular weight is 258 g/mol. The third kappa shape index (κ3) is 3.05. The van der Waals surface area contributed by atoms with Gasteiger partial charge in [-0.1, -0.05) is 18.2 Å². The van der Waals surface area contributed by atoms with E-state index >= 15 is 0 Å². The van der Waals surface area contributed by atoms with Crippen molar-refractivity contribution in [3.8, 4) is 11.8 Å². The molecule has 1 aromatic rings. The molecular weight excluding hydrogens is 240 g/mol. The molecule has 0 bridgehead atoms. The van der Waals surface area contributed by atoms with Gasteiger partial charge in [0.2, 0.25) is 5.91 Å². The number of piperidine rings is 1. The molecule has 0 radical (unpaired) electrons. The molecule has 1 aliphatic heterocycles. The number of amides is 1. The summed E-state index contributed by atoms with van der Waals surface area (Å²) in [6, 6.07) is 9.47. The van der Waals surface area contributed by atoms with Gasteiger partial charge in [-0.3, -0.25) is 4.79 Å². The Labute approximate surface area is 113 Å². The Balaban J connectivity index is 2.10. The van der Waals surface area contributed by atoms with Crippen LogP contribution < -0.4 is 4.74 Å². The number of rotatable bonds is 3. The fourth-order valence-corrected chi connectivity index (χ4v) is 2.48. The zero-order chi connectivity index (χ0) is 13.7. The van der Waals surface area contributed by atoms with Crippen LogP contribution >= 0.6 is 0 Å². The first kappa shape index (κ1) is 13.4. The van der Waals surface area contributed by atoms with Crippen LogP contribution in [0.3, 0.4) is 0 Å². The number of nitrogens with zero attached hydrogens (tertiary/aromatic N) is 2. The van der Waals surface area contributed by atoms with E-state index in [0.29, 0.717) is 13.0 Å². The van der Waals surface area contributed by atoms with Crippen molar-refractivity contribution < 1.29 is 9.53 Å². The predicted octanol–water partition coefficient (Wildman–Crippen LogP) is 2.14. The summed E-state index contributed by atoms with van der Waals surface area (Å²) in [5.41, 5.74) is 0.872. The molecule has 100 valence electrons. The fourth-order valence-electron chi connectivity index (χ4n) is 2.48. The lowest BCUT2D eigenvalue weighted by atomic mass is 10.0. The molecule has 4 nitrogen and oxygen atoms in total. The van der Waals surface area contributed by atoms with Crippen LogP contribution in [0.15, 0.2) is 24.3 Å². The molecule has 1 atom stereocenters. The van der Waals surface area contributed by atoms with Crippen LogP contribution in [0.2, 0.25) is 0 Å². The molecule has 0 saturated carbocycles. The molecule has 1 unspecified atom stereocenters. The first-order chi connectivity index (χ1) is 9.26. The number of nitriles is 1. The lowest BCUT2D eigenvalue weighted by Gasteiger charge is -2.31. The Morgan fingerprint density at radius 2 is 2.26 bits per heavy atom. The standard InChI is InChI=1S/C15H18N2O2/c1-19-14-8-3-2-6-12(14)10-15(18)17-9-5-4-7-13(17)11-16/h2-3,6,8,13H,4-5,7,9-10H2,1H3. The number of likely N-dealkylation sites (tertiary alicyclic amines) is 1. The summed E-state index contributed by atoms with van der Waals surface area (Å²) in [5.74, 6) is 0.733. The Morgan fingerprint density at radius 3 is 3.00 bits per heavy atom. The van der Waals surface area contributed by atoms with Gasteiger partial charge in [-0.25, -0.2) is 0 Å². The van der Waals surface area contributed by atoms with Gasteiger partial charge in [-0.15, -0.1) is 0 Å². The van der Waals surface area contributed by atoms with Gasteiger partial charge in [0.05, 0.1) is 19.6 Å². The molecule has 1 fully saturated rings. The van der Waals surface area contributed by atoms with E-state index in [1.165, 1.54) is 0 Å². The largest absolute Gasteiger partial charge is 0.496 e. The van der Waals surface area contributed by atoms with E-state index in [-0.39, 0.29) is 11.9 Å². The molecule has 1 heterocycles. The Kier molecular flexibility index (Phi) is 4.40. The zero-order valence-corrected chi connectivity index (χ0v) is 11.1. The number of carbonyl (C=O) groups is 1. The summed E-state index contributed by atoms with van der Waals surface area (Å²) in [7, 11) is 1.60. The number of ether oxygens (including phenoxy) is 1. The van der Waals surface area contributed by atoms with Crippen LogP contribution in [0.25, 0.3) is 0 Å². The van der Waals surface area contributed by atoms with E-state index in [0.717, 1.165) is 30.6 Å². The molecular formula is C15H18N2O2. The quantitative estimate of drug-likeness (QED) is 0.834. The maximum Gasteiger partial charge on any atom is 0.228 e. The van der Waals surface area contributed by atoms with Gasteiger partial charge in [0.1, 0.15) is 11.8 Å². The first-order valence-electron chi connectivity index (χ1n) is 6.57. The van der Waals surface area contributed by atoms with Crippen molar-refractivity contribution in [2.75, 3.05) is 13.7 Å². The van der Waals surface area contributed by atoms with Gasteiger partial charge >= 0.3 is 0 Å². The summed E-state index contributed by atoms with van der Waals surface area (Å²) in [5, 5.41) is 9.11. The third-order valence-electron chi connectivity index (χ3n) is 3.51. The second-order valence-electron chi connectivity index (χ2n) is 4.72. The molecule has 1 amide bonds. The Hall–Kier alpha value is -2.02. The number of benzene rings is 1. The normalized spacial score (nSPS) is 18.7. The molecule has 0 aromatic heterocycles. The second-order valence-corrected chi connectivity index (χ2v) is 4.72. The molecule has 0 spiro atoms. The van der Waals surface area contributed by atoms with Crippen molar-refractivity contribution in [1.29, 1.82) is 5.26 Å². The van der Waals surface area contributed by atoms with E-state index in [4.69, 9.17) is 10.00 Å². The highest BCUT2D eigenvalue weighted by atomic mass is 16.5. The summed E-state index contributed by atoms with van der Waals surface area (Å²) in [6.45, 7) is 0.687. The van der Waals surface area contributed by atoms with Crippen molar-refractivity contribution in [1.82, 2.24) is 4.90 Å². The van der Waals surface area contributed by atoms with Gasteiger partial charge < -0.3 is 9.64 Å². The molecule has 19 heavy (non-hydrogen) atoms. The van der Waals surface area contributed by atoms with Crippen molar-refractivity contribution >= 4 is 5.91 Å². The minimum atomic E-state index is -0.268. The Bertz CT molecular complexity index is 493. The molecule has 4 heteroatoms. The van der Waals surface area contributed by atoms with Crippen LogP contribution in [0.1, 0.15) is 24.8 Å². The maximum absolute atomic E-state index is 12.3. The summed E-state index contributed by atoms with van der Waals surface area (Å²) >= 11 is 0. The predicted molar refractivity (Wildman–Crippen MR) is 71.7 cm³/mol. The van der Waals surface area contributed by atoms with Crippen LogP contribution in [0.4, 0.5) is 0 Å². The lowest BCUT2D eigenvalue weighted by molar-refractivity contribution is -0.132. The topological polar surface area (TPSA) is 53.3 Å². The Morgan fingerprint density at radius 1 is 1.47 bits per heavy atom. The monoisotopic (exact) mass is 258 g/mol. The van der Waals surface area contributed by atoms with E-state index < -0.39 is 0 Å². The molecule has 0 N–H and O–H groups in total. The maximum atomic E-state index is 12.3. The number of hydrogen-bond donors (Lipinski definition) is 0. The van der Waals surface area contributed by atoms with E-state index in [1.807, 2.05) is 24.3 Å². The first-order valence-corrected chi connectivity index (χ1v) is 6.57. The minimum absolute atomic E-state index is 0.00995. The van der Waals surface area contributed by atoms with Crippen molar-refractivity contribution in [3.63, 3.8) is 0 Å². The van der Waals surface area contributed by atoms with E-state index in [2.05, 4.69) is 6.07 Å². The van der Waals surface area contributed by atoms with Gasteiger partial charge in [0, 0.05) is 12.1 Å². The molecule has 2 rings (SSSR count). The fraction of sp³-hybridized carbons (Fsp3) is 0.467. The van der Waals surface area contributed by atoms with E-state index in [9.17, 15) is 4.79 Å². The number of hydrogen-bond acceptors (Lipinski definition) is 3. The molecule has 0 aliphatic carbocycles. The number of carbonyl (C=O) groups excluding carboxylic acids is 1.